The van der Waals surface area contributed by atoms with E-state index in [0.717, 1.165) is 43.4 Å². The number of aromatic amines is 1. The van der Waals surface area contributed by atoms with Gasteiger partial charge in [-0.2, -0.15) is 5.10 Å². The average Bonchev–Trinajstić information content (AvgIpc) is 3.14. The van der Waals surface area contributed by atoms with Gasteiger partial charge in [0, 0.05) is 18.0 Å². The van der Waals surface area contributed by atoms with Crippen LogP contribution in [0.1, 0.15) is 36.1 Å². The standard InChI is InChI=1S/C17H18FN3O/c18-14-5-3-13(4-6-14)17(7-8-17)20-16(22)11-1-2-12-10-19-21-15(12)9-11/h3-6,10-11H,1-2,7-9H2,(H,19,21)(H,20,22). The Hall–Kier alpha value is -2.17. The summed E-state index contributed by atoms with van der Waals surface area (Å²) in [6.07, 6.45) is 6.18. The first kappa shape index (κ1) is 13.5. The second-order valence-corrected chi connectivity index (χ2v) is 6.39. The van der Waals surface area contributed by atoms with E-state index in [9.17, 15) is 9.18 Å². The molecule has 1 atom stereocenters. The number of halogens is 1. The smallest absolute Gasteiger partial charge is 0.224 e. The summed E-state index contributed by atoms with van der Waals surface area (Å²) in [7, 11) is 0. The van der Waals surface area contributed by atoms with Crippen LogP contribution in [0.3, 0.4) is 0 Å². The highest BCUT2D eigenvalue weighted by Crippen LogP contribution is 2.46. The molecule has 22 heavy (non-hydrogen) atoms. The molecule has 4 nitrogen and oxygen atoms in total. The van der Waals surface area contributed by atoms with E-state index in [4.69, 9.17) is 0 Å². The number of amides is 1. The number of nitrogens with zero attached hydrogens (tertiary/aromatic N) is 1. The van der Waals surface area contributed by atoms with E-state index in [0.29, 0.717) is 0 Å². The van der Waals surface area contributed by atoms with Crippen LogP contribution < -0.4 is 5.32 Å². The van der Waals surface area contributed by atoms with Crippen LogP contribution >= 0.6 is 0 Å². The lowest BCUT2D eigenvalue weighted by molar-refractivity contribution is -0.126. The van der Waals surface area contributed by atoms with Gasteiger partial charge in [0.1, 0.15) is 5.82 Å². The van der Waals surface area contributed by atoms with E-state index < -0.39 is 0 Å². The van der Waals surface area contributed by atoms with Crippen molar-refractivity contribution in [3.63, 3.8) is 0 Å². The zero-order valence-electron chi connectivity index (χ0n) is 12.2. The molecule has 1 aromatic carbocycles. The van der Waals surface area contributed by atoms with Gasteiger partial charge in [0.2, 0.25) is 5.91 Å². The Labute approximate surface area is 128 Å². The van der Waals surface area contributed by atoms with E-state index in [1.165, 1.54) is 17.7 Å². The number of rotatable bonds is 3. The molecule has 0 spiro atoms. The van der Waals surface area contributed by atoms with Gasteiger partial charge in [-0.25, -0.2) is 4.39 Å². The molecule has 1 heterocycles. The summed E-state index contributed by atoms with van der Waals surface area (Å²) in [5.74, 6) is -0.155. The Morgan fingerprint density at radius 1 is 1.32 bits per heavy atom. The summed E-state index contributed by atoms with van der Waals surface area (Å²) >= 11 is 0. The second-order valence-electron chi connectivity index (χ2n) is 6.39. The molecular formula is C17H18FN3O. The fraction of sp³-hybridized carbons (Fsp3) is 0.412. The molecule has 1 unspecified atom stereocenters. The Kier molecular flexibility index (Phi) is 3.03. The number of carbonyl (C=O) groups is 1. The number of benzene rings is 1. The maximum Gasteiger partial charge on any atom is 0.224 e. The topological polar surface area (TPSA) is 57.8 Å². The normalized spacial score (nSPS) is 22.0. The summed E-state index contributed by atoms with van der Waals surface area (Å²) < 4.78 is 13.1. The maximum absolute atomic E-state index is 13.1. The predicted octanol–water partition coefficient (Wildman–Crippen LogP) is 2.46. The first-order valence-electron chi connectivity index (χ1n) is 7.75. The Bertz CT molecular complexity index is 703. The van der Waals surface area contributed by atoms with Gasteiger partial charge < -0.3 is 5.32 Å². The lowest BCUT2D eigenvalue weighted by Gasteiger charge is -2.25. The molecule has 2 aromatic rings. The summed E-state index contributed by atoms with van der Waals surface area (Å²) in [6.45, 7) is 0. The Balaban J connectivity index is 1.47. The first-order valence-corrected chi connectivity index (χ1v) is 7.75. The van der Waals surface area contributed by atoms with Crippen LogP contribution in [0.4, 0.5) is 4.39 Å². The summed E-state index contributed by atoms with van der Waals surface area (Å²) in [5, 5.41) is 10.2. The van der Waals surface area contributed by atoms with Gasteiger partial charge in [0.05, 0.1) is 11.7 Å². The van der Waals surface area contributed by atoms with Crippen molar-refractivity contribution in [3.05, 3.63) is 53.1 Å². The second kappa shape index (κ2) is 4.93. The molecule has 4 rings (SSSR count). The van der Waals surface area contributed by atoms with E-state index in [-0.39, 0.29) is 23.2 Å². The van der Waals surface area contributed by atoms with Crippen molar-refractivity contribution in [3.8, 4) is 0 Å². The molecule has 2 aliphatic rings. The first-order chi connectivity index (χ1) is 10.7. The molecule has 0 aliphatic heterocycles. The molecule has 0 radical (unpaired) electrons. The maximum atomic E-state index is 13.1. The molecule has 1 fully saturated rings. The lowest BCUT2D eigenvalue weighted by Crippen LogP contribution is -2.40. The molecule has 0 bridgehead atoms. The van der Waals surface area contributed by atoms with Gasteiger partial charge in [-0.1, -0.05) is 12.1 Å². The van der Waals surface area contributed by atoms with Gasteiger partial charge in [-0.3, -0.25) is 9.89 Å². The average molecular weight is 299 g/mol. The minimum atomic E-state index is -0.279. The van der Waals surface area contributed by atoms with Crippen LogP contribution in [-0.4, -0.2) is 16.1 Å². The molecule has 1 aromatic heterocycles. The third-order valence-corrected chi connectivity index (χ3v) is 4.90. The van der Waals surface area contributed by atoms with Gasteiger partial charge in [0.15, 0.2) is 0 Å². The zero-order chi connectivity index (χ0) is 15.2. The van der Waals surface area contributed by atoms with Crippen LogP contribution in [0.15, 0.2) is 30.5 Å². The summed E-state index contributed by atoms with van der Waals surface area (Å²) in [6, 6.07) is 6.46. The number of carbonyl (C=O) groups excluding carboxylic acids is 1. The monoisotopic (exact) mass is 299 g/mol. The van der Waals surface area contributed by atoms with Crippen molar-refractivity contribution < 1.29 is 9.18 Å². The molecule has 2 N–H and O–H groups in total. The third-order valence-electron chi connectivity index (χ3n) is 4.90. The SMILES string of the molecule is O=C(NC1(c2ccc(F)cc2)CC1)C1CCc2cn[nH]c2C1. The van der Waals surface area contributed by atoms with Gasteiger partial charge in [-0.15, -0.1) is 0 Å². The number of H-pyrrole nitrogens is 1. The zero-order valence-corrected chi connectivity index (χ0v) is 12.2. The highest BCUT2D eigenvalue weighted by atomic mass is 19.1. The van der Waals surface area contributed by atoms with E-state index >= 15 is 0 Å². The number of fused-ring (bicyclic) bond motifs is 1. The summed E-state index contributed by atoms with van der Waals surface area (Å²) in [4.78, 5) is 12.6. The van der Waals surface area contributed by atoms with Gasteiger partial charge >= 0.3 is 0 Å². The Morgan fingerprint density at radius 3 is 2.82 bits per heavy atom. The van der Waals surface area contributed by atoms with Crippen molar-refractivity contribution in [1.82, 2.24) is 15.5 Å². The van der Waals surface area contributed by atoms with Crippen molar-refractivity contribution in [2.75, 3.05) is 0 Å². The minimum Gasteiger partial charge on any atom is -0.346 e. The van der Waals surface area contributed by atoms with E-state index in [2.05, 4.69) is 15.5 Å². The largest absolute Gasteiger partial charge is 0.346 e. The van der Waals surface area contributed by atoms with Crippen LogP contribution in [0, 0.1) is 11.7 Å². The van der Waals surface area contributed by atoms with Crippen LogP contribution in [0.25, 0.3) is 0 Å². The van der Waals surface area contributed by atoms with E-state index in [1.54, 1.807) is 12.1 Å². The molecule has 1 saturated carbocycles. The number of aromatic nitrogens is 2. The van der Waals surface area contributed by atoms with Gasteiger partial charge in [0.25, 0.3) is 0 Å². The lowest BCUT2D eigenvalue weighted by atomic mass is 9.87. The number of nitrogens with one attached hydrogen (secondary N) is 2. The molecule has 1 amide bonds. The molecule has 114 valence electrons. The fourth-order valence-corrected chi connectivity index (χ4v) is 3.35. The fourth-order valence-electron chi connectivity index (χ4n) is 3.35. The van der Waals surface area contributed by atoms with Crippen molar-refractivity contribution in [2.24, 2.45) is 5.92 Å². The van der Waals surface area contributed by atoms with E-state index in [1.807, 2.05) is 6.20 Å². The van der Waals surface area contributed by atoms with Gasteiger partial charge in [-0.05, 0) is 48.9 Å². The predicted molar refractivity (Wildman–Crippen MR) is 79.6 cm³/mol. The molecule has 2 aliphatic carbocycles. The van der Waals surface area contributed by atoms with Crippen LogP contribution in [-0.2, 0) is 23.2 Å². The quantitative estimate of drug-likeness (QED) is 0.914. The molecule has 0 saturated heterocycles. The Morgan fingerprint density at radius 2 is 2.09 bits per heavy atom. The van der Waals surface area contributed by atoms with Crippen LogP contribution in [0.5, 0.6) is 0 Å². The highest BCUT2D eigenvalue weighted by molar-refractivity contribution is 5.80. The molecular weight excluding hydrogens is 281 g/mol. The number of aryl methyl sites for hydroxylation is 1. The van der Waals surface area contributed by atoms with Crippen molar-refractivity contribution in [2.45, 2.75) is 37.6 Å². The highest BCUT2D eigenvalue weighted by Gasteiger charge is 2.46. The summed E-state index contributed by atoms with van der Waals surface area (Å²) in [5.41, 5.74) is 3.03. The molecule has 5 heteroatoms. The minimum absolute atomic E-state index is 0.00845. The van der Waals surface area contributed by atoms with Crippen LogP contribution in [0.2, 0.25) is 0 Å². The number of hydrogen-bond acceptors (Lipinski definition) is 2. The third kappa shape index (κ3) is 2.30. The van der Waals surface area contributed by atoms with Crippen molar-refractivity contribution in [1.29, 1.82) is 0 Å². The number of hydrogen-bond donors (Lipinski definition) is 2. The van der Waals surface area contributed by atoms with Crippen molar-refractivity contribution >= 4 is 5.91 Å².